The summed E-state index contributed by atoms with van der Waals surface area (Å²) in [6, 6.07) is 11.9. The minimum atomic E-state index is -0.396. The van der Waals surface area contributed by atoms with Crippen LogP contribution >= 0.6 is 22.9 Å². The number of anilines is 1. The van der Waals surface area contributed by atoms with Crippen LogP contribution in [0.15, 0.2) is 42.5 Å². The first-order chi connectivity index (χ1) is 15.9. The van der Waals surface area contributed by atoms with Crippen LogP contribution in [0.4, 0.5) is 5.13 Å². The topological polar surface area (TPSA) is 88.6 Å². The summed E-state index contributed by atoms with van der Waals surface area (Å²) in [5, 5.41) is 3.89. The van der Waals surface area contributed by atoms with Crippen molar-refractivity contribution >= 4 is 45.8 Å². The molecule has 5 rings (SSSR count). The Bertz CT molecular complexity index is 1270. The van der Waals surface area contributed by atoms with Crippen molar-refractivity contribution in [1.82, 2.24) is 9.88 Å². The van der Waals surface area contributed by atoms with E-state index < -0.39 is 11.8 Å². The molecule has 0 radical (unpaired) electrons. The Labute approximate surface area is 199 Å². The number of nitrogens with one attached hydrogen (secondary N) is 1. The maximum absolute atomic E-state index is 12.9. The highest BCUT2D eigenvalue weighted by atomic mass is 35.5. The van der Waals surface area contributed by atoms with Gasteiger partial charge in [0.15, 0.2) is 5.13 Å². The second kappa shape index (κ2) is 8.70. The Morgan fingerprint density at radius 3 is 2.67 bits per heavy atom. The molecule has 3 heterocycles. The van der Waals surface area contributed by atoms with Crippen molar-refractivity contribution in [3.8, 4) is 11.3 Å². The first kappa shape index (κ1) is 21.8. The number of aromatic nitrogens is 1. The van der Waals surface area contributed by atoms with Crippen molar-refractivity contribution in [2.24, 2.45) is 0 Å². The number of hydrogen-bond acceptors (Lipinski definition) is 6. The number of benzene rings is 2. The summed E-state index contributed by atoms with van der Waals surface area (Å²) in [4.78, 5) is 45.1. The first-order valence-electron chi connectivity index (χ1n) is 10.6. The molecule has 1 aromatic heterocycles. The summed E-state index contributed by atoms with van der Waals surface area (Å²) >= 11 is 7.32. The smallest absolute Gasteiger partial charge is 0.261 e. The number of carbonyl (C=O) groups excluding carboxylic acids is 3. The van der Waals surface area contributed by atoms with Gasteiger partial charge in [-0.25, -0.2) is 4.98 Å². The van der Waals surface area contributed by atoms with Gasteiger partial charge in [0.25, 0.3) is 17.7 Å². The van der Waals surface area contributed by atoms with E-state index in [1.807, 2.05) is 19.1 Å². The molecule has 1 atom stereocenters. The SMILES string of the molecule is Cc1sc(NC(=O)c2ccc3c(c2)C(=O)N(CC2CCCO2)C3=O)nc1-c1ccc(Cl)cc1. The Balaban J connectivity index is 1.33. The number of halogens is 1. The number of ether oxygens (including phenoxy) is 1. The third kappa shape index (κ3) is 4.17. The summed E-state index contributed by atoms with van der Waals surface area (Å²) in [6.07, 6.45) is 1.62. The number of rotatable bonds is 5. The second-order valence-electron chi connectivity index (χ2n) is 8.00. The number of amides is 3. The zero-order chi connectivity index (χ0) is 23.1. The fourth-order valence-corrected chi connectivity index (χ4v) is 5.04. The average Bonchev–Trinajstić information content (AvgIpc) is 3.51. The van der Waals surface area contributed by atoms with E-state index in [4.69, 9.17) is 16.3 Å². The largest absolute Gasteiger partial charge is 0.376 e. The predicted octanol–water partition coefficient (Wildman–Crippen LogP) is 4.80. The molecule has 7 nitrogen and oxygen atoms in total. The van der Waals surface area contributed by atoms with Crippen molar-refractivity contribution in [3.63, 3.8) is 0 Å². The van der Waals surface area contributed by atoms with Crippen molar-refractivity contribution in [1.29, 1.82) is 0 Å². The number of hydrogen-bond donors (Lipinski definition) is 1. The monoisotopic (exact) mass is 481 g/mol. The standard InChI is InChI=1S/C24H20ClN3O4S/c1-13-20(14-4-7-16(25)8-5-14)26-24(33-13)27-21(29)15-6-9-18-19(11-15)23(31)28(22(18)30)12-17-3-2-10-32-17/h4-9,11,17H,2-3,10,12H2,1H3,(H,26,27,29). The second-order valence-corrected chi connectivity index (χ2v) is 9.64. The van der Waals surface area contributed by atoms with E-state index in [-0.39, 0.29) is 29.7 Å². The van der Waals surface area contributed by atoms with Gasteiger partial charge in [0.1, 0.15) is 0 Å². The Hall–Kier alpha value is -3.07. The first-order valence-corrected chi connectivity index (χ1v) is 11.8. The molecule has 9 heteroatoms. The lowest BCUT2D eigenvalue weighted by Gasteiger charge is -2.17. The molecule has 2 aliphatic rings. The van der Waals surface area contributed by atoms with E-state index in [1.54, 1.807) is 18.2 Å². The molecule has 3 aromatic rings. The van der Waals surface area contributed by atoms with E-state index >= 15 is 0 Å². The maximum Gasteiger partial charge on any atom is 0.261 e. The van der Waals surface area contributed by atoms with Gasteiger partial charge in [-0.3, -0.25) is 24.6 Å². The minimum Gasteiger partial charge on any atom is -0.376 e. The highest BCUT2D eigenvalue weighted by molar-refractivity contribution is 7.16. The minimum absolute atomic E-state index is 0.127. The van der Waals surface area contributed by atoms with Crippen LogP contribution in [-0.2, 0) is 4.74 Å². The normalized spacial score (nSPS) is 17.5. The zero-order valence-electron chi connectivity index (χ0n) is 17.8. The van der Waals surface area contributed by atoms with E-state index in [1.165, 1.54) is 28.4 Å². The number of nitrogens with zero attached hydrogens (tertiary/aromatic N) is 2. The lowest BCUT2D eigenvalue weighted by Crippen LogP contribution is -2.36. The van der Waals surface area contributed by atoms with E-state index in [9.17, 15) is 14.4 Å². The summed E-state index contributed by atoms with van der Waals surface area (Å²) in [7, 11) is 0. The number of thiazole rings is 1. The van der Waals surface area contributed by atoms with Crippen LogP contribution in [0, 0.1) is 6.92 Å². The van der Waals surface area contributed by atoms with E-state index in [2.05, 4.69) is 10.3 Å². The number of imide groups is 1. The quantitative estimate of drug-likeness (QED) is 0.529. The van der Waals surface area contributed by atoms with Gasteiger partial charge in [0.05, 0.1) is 29.5 Å². The van der Waals surface area contributed by atoms with Crippen LogP contribution in [0.2, 0.25) is 5.02 Å². The van der Waals surface area contributed by atoms with Gasteiger partial charge < -0.3 is 4.74 Å². The molecule has 2 aliphatic heterocycles. The van der Waals surface area contributed by atoms with Crippen LogP contribution in [0.1, 0.15) is 48.8 Å². The molecule has 168 valence electrons. The van der Waals surface area contributed by atoms with Crippen molar-refractivity contribution in [2.45, 2.75) is 25.9 Å². The van der Waals surface area contributed by atoms with Crippen molar-refractivity contribution in [3.05, 3.63) is 69.1 Å². The highest BCUT2D eigenvalue weighted by Gasteiger charge is 2.38. The number of fused-ring (bicyclic) bond motifs is 1. The van der Waals surface area contributed by atoms with Gasteiger partial charge in [0.2, 0.25) is 0 Å². The van der Waals surface area contributed by atoms with Crippen LogP contribution in [0.25, 0.3) is 11.3 Å². The van der Waals surface area contributed by atoms with Crippen LogP contribution in [0.5, 0.6) is 0 Å². The van der Waals surface area contributed by atoms with E-state index in [0.29, 0.717) is 22.3 Å². The Kier molecular flexibility index (Phi) is 5.74. The molecule has 1 saturated heterocycles. The molecular weight excluding hydrogens is 462 g/mol. The van der Waals surface area contributed by atoms with Crippen molar-refractivity contribution < 1.29 is 19.1 Å². The van der Waals surface area contributed by atoms with Crippen LogP contribution in [-0.4, -0.2) is 46.9 Å². The van der Waals surface area contributed by atoms with Gasteiger partial charge in [-0.2, -0.15) is 0 Å². The summed E-state index contributed by atoms with van der Waals surface area (Å²) < 4.78 is 5.57. The molecule has 0 aliphatic carbocycles. The summed E-state index contributed by atoms with van der Waals surface area (Å²) in [5.74, 6) is -1.14. The third-order valence-electron chi connectivity index (χ3n) is 5.78. The van der Waals surface area contributed by atoms with E-state index in [0.717, 1.165) is 29.0 Å². The molecule has 0 bridgehead atoms. The molecule has 1 N–H and O–H groups in total. The lowest BCUT2D eigenvalue weighted by molar-refractivity contribution is 0.0475. The average molecular weight is 482 g/mol. The fraction of sp³-hybridized carbons (Fsp3) is 0.250. The molecule has 33 heavy (non-hydrogen) atoms. The predicted molar refractivity (Wildman–Crippen MR) is 126 cm³/mol. The lowest BCUT2D eigenvalue weighted by atomic mass is 10.1. The van der Waals surface area contributed by atoms with Gasteiger partial charge in [-0.05, 0) is 50.1 Å². The molecule has 2 aromatic carbocycles. The Morgan fingerprint density at radius 2 is 1.94 bits per heavy atom. The molecule has 0 saturated carbocycles. The van der Waals surface area contributed by atoms with Gasteiger partial charge in [-0.1, -0.05) is 23.7 Å². The number of aryl methyl sites for hydroxylation is 1. The zero-order valence-corrected chi connectivity index (χ0v) is 19.3. The molecule has 0 spiro atoms. The third-order valence-corrected chi connectivity index (χ3v) is 6.92. The number of carbonyl (C=O) groups is 3. The molecule has 1 unspecified atom stereocenters. The Morgan fingerprint density at radius 1 is 1.18 bits per heavy atom. The molecular formula is C24H20ClN3O4S. The fourth-order valence-electron chi connectivity index (χ4n) is 4.08. The molecule has 3 amide bonds. The summed E-state index contributed by atoms with van der Waals surface area (Å²) in [6.45, 7) is 2.81. The summed E-state index contributed by atoms with van der Waals surface area (Å²) in [5.41, 5.74) is 2.51. The van der Waals surface area contributed by atoms with Crippen LogP contribution < -0.4 is 5.32 Å². The highest BCUT2D eigenvalue weighted by Crippen LogP contribution is 2.32. The van der Waals surface area contributed by atoms with Crippen LogP contribution in [0.3, 0.4) is 0 Å². The van der Waals surface area contributed by atoms with Gasteiger partial charge >= 0.3 is 0 Å². The van der Waals surface area contributed by atoms with Gasteiger partial charge in [-0.15, -0.1) is 11.3 Å². The van der Waals surface area contributed by atoms with Gasteiger partial charge in [0, 0.05) is 27.6 Å². The maximum atomic E-state index is 12.9. The van der Waals surface area contributed by atoms with Crippen molar-refractivity contribution in [2.75, 3.05) is 18.5 Å². The molecule has 1 fully saturated rings.